The van der Waals surface area contributed by atoms with E-state index in [0.717, 1.165) is 21.6 Å². The van der Waals surface area contributed by atoms with Crippen molar-refractivity contribution in [2.45, 2.75) is 13.8 Å². The average Bonchev–Trinajstić information content (AvgIpc) is 2.13. The van der Waals surface area contributed by atoms with E-state index < -0.39 is 0 Å². The molecule has 0 heterocycles. The van der Waals surface area contributed by atoms with Crippen molar-refractivity contribution in [2.75, 3.05) is 13.2 Å². The maximum Gasteiger partial charge on any atom is 0.378 e. The summed E-state index contributed by atoms with van der Waals surface area (Å²) in [5.41, 5.74) is 0. The number of hydrogen-bond donors (Lipinski definition) is 0. The molecule has 0 unspecified atom stereocenters. The van der Waals surface area contributed by atoms with Gasteiger partial charge in [-0.3, -0.25) is 0 Å². The lowest BCUT2D eigenvalue weighted by molar-refractivity contribution is 0.181. The van der Waals surface area contributed by atoms with E-state index in [2.05, 4.69) is 9.47 Å². The van der Waals surface area contributed by atoms with Gasteiger partial charge < -0.3 is 9.47 Å². The number of carbonyl (C=O) groups excluding carboxylic acids is 2. The normalized spacial score (nSPS) is 9.57. The van der Waals surface area contributed by atoms with Crippen LogP contribution < -0.4 is 0 Å². The summed E-state index contributed by atoms with van der Waals surface area (Å²) in [5.74, 6) is 0. The molecule has 0 rings (SSSR count). The first-order valence-corrected chi connectivity index (χ1v) is 8.53. The van der Waals surface area contributed by atoms with Crippen LogP contribution in [0.25, 0.3) is 0 Å². The maximum atomic E-state index is 10.8. The fourth-order valence-corrected chi connectivity index (χ4v) is 4.65. The molecule has 0 spiro atoms. The fourth-order valence-electron chi connectivity index (χ4n) is 0.367. The van der Waals surface area contributed by atoms with E-state index >= 15 is 0 Å². The number of hydrogen-bond acceptors (Lipinski definition) is 8. The molecule has 14 heavy (non-hydrogen) atoms. The molecule has 0 aromatic heterocycles. The Morgan fingerprint density at radius 2 is 1.29 bits per heavy atom. The highest BCUT2D eigenvalue weighted by Gasteiger charge is 2.07. The Bertz CT molecular complexity index is 167. The van der Waals surface area contributed by atoms with Crippen LogP contribution in [0.4, 0.5) is 9.59 Å². The van der Waals surface area contributed by atoms with Gasteiger partial charge in [0.1, 0.15) is 0 Å². The molecule has 0 bridgehead atoms. The van der Waals surface area contributed by atoms with Crippen molar-refractivity contribution in [1.82, 2.24) is 0 Å². The predicted octanol–water partition coefficient (Wildman–Crippen LogP) is 3.98. The highest BCUT2D eigenvalue weighted by atomic mass is 33.7. The molecular formula is C6H10O4S4. The summed E-state index contributed by atoms with van der Waals surface area (Å²) in [6.45, 7) is 4.21. The van der Waals surface area contributed by atoms with Gasteiger partial charge in [-0.2, -0.15) is 0 Å². The van der Waals surface area contributed by atoms with Crippen molar-refractivity contribution in [2.24, 2.45) is 0 Å². The second-order valence-electron chi connectivity index (χ2n) is 1.67. The van der Waals surface area contributed by atoms with E-state index in [1.807, 2.05) is 0 Å². The molecule has 0 aliphatic rings. The van der Waals surface area contributed by atoms with Crippen molar-refractivity contribution in [3.05, 3.63) is 0 Å². The first-order chi connectivity index (χ1) is 6.70. The summed E-state index contributed by atoms with van der Waals surface area (Å²) in [5, 5.41) is -0.705. The summed E-state index contributed by atoms with van der Waals surface area (Å²) in [4.78, 5) is 21.6. The molecular weight excluding hydrogens is 264 g/mol. The topological polar surface area (TPSA) is 52.6 Å². The molecule has 0 fully saturated rings. The zero-order valence-electron chi connectivity index (χ0n) is 7.68. The van der Waals surface area contributed by atoms with E-state index in [1.165, 1.54) is 19.7 Å². The van der Waals surface area contributed by atoms with Crippen LogP contribution in [0.2, 0.25) is 0 Å². The van der Waals surface area contributed by atoms with Crippen LogP contribution in [-0.2, 0) is 9.47 Å². The van der Waals surface area contributed by atoms with Gasteiger partial charge in [-0.05, 0) is 33.5 Å². The lowest BCUT2D eigenvalue weighted by atomic mass is 10.9. The van der Waals surface area contributed by atoms with E-state index in [0.29, 0.717) is 13.2 Å². The minimum atomic E-state index is -0.352. The van der Waals surface area contributed by atoms with Crippen LogP contribution >= 0.6 is 41.2 Å². The van der Waals surface area contributed by atoms with E-state index in [-0.39, 0.29) is 10.6 Å². The summed E-state index contributed by atoms with van der Waals surface area (Å²) in [7, 11) is 4.25. The Balaban J connectivity index is 3.28. The van der Waals surface area contributed by atoms with Gasteiger partial charge >= 0.3 is 10.6 Å². The summed E-state index contributed by atoms with van der Waals surface area (Å²) in [6, 6.07) is 0. The van der Waals surface area contributed by atoms with Crippen molar-refractivity contribution in [3.63, 3.8) is 0 Å². The quantitative estimate of drug-likeness (QED) is 0.424. The first kappa shape index (κ1) is 14.3. The standard InChI is InChI=1S/C6H10O4S4/c1-3-9-5(7)11-13-14-12-6(8)10-4-2/h3-4H2,1-2H3. The zero-order chi connectivity index (χ0) is 10.8. The summed E-state index contributed by atoms with van der Waals surface area (Å²) >= 11 is 0. The minimum Gasteiger partial charge on any atom is -0.457 e. The third kappa shape index (κ3) is 8.92. The van der Waals surface area contributed by atoms with Gasteiger partial charge in [0.25, 0.3) is 0 Å². The molecule has 0 aromatic carbocycles. The lowest BCUT2D eigenvalue weighted by Crippen LogP contribution is -1.93. The average molecular weight is 274 g/mol. The SMILES string of the molecule is CCOC(=O)SSSSC(=O)OCC. The Hall–Kier alpha value is 0.340. The fraction of sp³-hybridized carbons (Fsp3) is 0.667. The van der Waals surface area contributed by atoms with Crippen molar-refractivity contribution in [1.29, 1.82) is 0 Å². The summed E-state index contributed by atoms with van der Waals surface area (Å²) < 4.78 is 9.32. The number of carbonyl (C=O) groups is 2. The van der Waals surface area contributed by atoms with Crippen LogP contribution in [0.5, 0.6) is 0 Å². The lowest BCUT2D eigenvalue weighted by Gasteiger charge is -1.99. The van der Waals surface area contributed by atoms with E-state index in [1.54, 1.807) is 13.8 Å². The molecule has 0 saturated carbocycles. The van der Waals surface area contributed by atoms with Crippen molar-refractivity contribution in [3.8, 4) is 0 Å². The van der Waals surface area contributed by atoms with Crippen LogP contribution in [0.15, 0.2) is 0 Å². The third-order valence-corrected chi connectivity index (χ3v) is 6.07. The van der Waals surface area contributed by atoms with E-state index in [4.69, 9.17) is 0 Å². The molecule has 82 valence electrons. The second kappa shape index (κ2) is 9.88. The number of ether oxygens (including phenoxy) is 2. The van der Waals surface area contributed by atoms with Gasteiger partial charge in [-0.25, -0.2) is 9.59 Å². The molecule has 0 aliphatic carbocycles. The van der Waals surface area contributed by atoms with Gasteiger partial charge in [0.05, 0.1) is 13.2 Å². The predicted molar refractivity (Wildman–Crippen MR) is 64.4 cm³/mol. The van der Waals surface area contributed by atoms with Gasteiger partial charge in [-0.1, -0.05) is 0 Å². The van der Waals surface area contributed by atoms with Crippen LogP contribution in [0.3, 0.4) is 0 Å². The minimum absolute atomic E-state index is 0.352. The zero-order valence-corrected chi connectivity index (χ0v) is 10.9. The van der Waals surface area contributed by atoms with Crippen LogP contribution in [-0.4, -0.2) is 23.8 Å². The van der Waals surface area contributed by atoms with Gasteiger partial charge in [0.15, 0.2) is 0 Å². The number of rotatable bonds is 5. The summed E-state index contributed by atoms with van der Waals surface area (Å²) in [6.07, 6.45) is 0. The Morgan fingerprint density at radius 1 is 0.929 bits per heavy atom. The van der Waals surface area contributed by atoms with Gasteiger partial charge in [-0.15, -0.1) is 0 Å². The molecule has 0 radical (unpaired) electrons. The molecule has 0 saturated heterocycles. The van der Waals surface area contributed by atoms with Crippen molar-refractivity contribution < 1.29 is 19.1 Å². The van der Waals surface area contributed by atoms with Crippen LogP contribution in [0, 0.1) is 0 Å². The first-order valence-electron chi connectivity index (χ1n) is 3.72. The molecule has 0 amide bonds. The molecule has 0 aliphatic heterocycles. The smallest absolute Gasteiger partial charge is 0.378 e. The van der Waals surface area contributed by atoms with Crippen molar-refractivity contribution >= 4 is 51.8 Å². The molecule has 0 N–H and O–H groups in total. The Labute approximate surface area is 97.8 Å². The highest BCUT2D eigenvalue weighted by Crippen LogP contribution is 2.44. The largest absolute Gasteiger partial charge is 0.457 e. The third-order valence-electron chi connectivity index (χ3n) is 0.756. The molecule has 0 atom stereocenters. The highest BCUT2D eigenvalue weighted by molar-refractivity contribution is 9.28. The van der Waals surface area contributed by atoms with E-state index in [9.17, 15) is 9.59 Å². The van der Waals surface area contributed by atoms with Gasteiger partial charge in [0.2, 0.25) is 0 Å². The van der Waals surface area contributed by atoms with Gasteiger partial charge in [0, 0.05) is 21.6 Å². The monoisotopic (exact) mass is 274 g/mol. The van der Waals surface area contributed by atoms with Crippen LogP contribution in [0.1, 0.15) is 13.8 Å². The maximum absolute atomic E-state index is 10.8. The Morgan fingerprint density at radius 3 is 1.57 bits per heavy atom. The molecule has 4 nitrogen and oxygen atoms in total. The molecule has 0 aromatic rings. The molecule has 8 heteroatoms. The second-order valence-corrected chi connectivity index (χ2v) is 7.21. The Kier molecular flexibility index (Phi) is 10.1.